The predicted molar refractivity (Wildman–Crippen MR) is 81.7 cm³/mol. The van der Waals surface area contributed by atoms with Gasteiger partial charge in [-0.05, 0) is 37.0 Å². The van der Waals surface area contributed by atoms with Crippen LogP contribution in [0.4, 0.5) is 0 Å². The molecular weight excluding hydrogens is 312 g/mol. The molecule has 0 spiro atoms. The van der Waals surface area contributed by atoms with E-state index >= 15 is 0 Å². The third kappa shape index (κ3) is 4.18. The van der Waals surface area contributed by atoms with Crippen molar-refractivity contribution in [1.29, 1.82) is 0 Å². The minimum Gasteiger partial charge on any atom is -0.335 e. The lowest BCUT2D eigenvalue weighted by atomic mass is 10.1. The van der Waals surface area contributed by atoms with Gasteiger partial charge in [-0.2, -0.15) is 0 Å². The van der Waals surface area contributed by atoms with Crippen LogP contribution in [-0.2, 0) is 10.0 Å². The maximum Gasteiger partial charge on any atom is 0.254 e. The molecule has 1 saturated carbocycles. The van der Waals surface area contributed by atoms with Gasteiger partial charge in [0.25, 0.3) is 5.91 Å². The molecule has 0 heterocycles. The fourth-order valence-electron chi connectivity index (χ4n) is 2.19. The van der Waals surface area contributed by atoms with Gasteiger partial charge in [-0.25, -0.2) is 13.6 Å². The van der Waals surface area contributed by atoms with Crippen molar-refractivity contribution in [1.82, 2.24) is 4.90 Å². The zero-order chi connectivity index (χ0) is 15.8. The summed E-state index contributed by atoms with van der Waals surface area (Å²) in [4.78, 5) is 14.3. The summed E-state index contributed by atoms with van der Waals surface area (Å²) in [7, 11) is -3.89. The highest BCUT2D eigenvalue weighted by Gasteiger charge is 2.33. The van der Waals surface area contributed by atoms with Crippen molar-refractivity contribution >= 4 is 27.5 Å². The molecule has 0 aliphatic heterocycles. The first-order valence-electron chi connectivity index (χ1n) is 6.83. The van der Waals surface area contributed by atoms with E-state index in [-0.39, 0.29) is 27.4 Å². The van der Waals surface area contributed by atoms with Crippen molar-refractivity contribution < 1.29 is 13.2 Å². The Morgan fingerprint density at radius 1 is 1.38 bits per heavy atom. The summed E-state index contributed by atoms with van der Waals surface area (Å²) >= 11 is 5.92. The van der Waals surface area contributed by atoms with Gasteiger partial charge in [0.2, 0.25) is 10.0 Å². The second-order valence-electron chi connectivity index (χ2n) is 5.80. The van der Waals surface area contributed by atoms with Gasteiger partial charge >= 0.3 is 0 Å². The molecule has 2 N–H and O–H groups in total. The van der Waals surface area contributed by atoms with E-state index in [4.69, 9.17) is 16.7 Å². The smallest absolute Gasteiger partial charge is 0.254 e. The molecule has 1 aromatic rings. The van der Waals surface area contributed by atoms with Gasteiger partial charge in [-0.3, -0.25) is 4.79 Å². The number of sulfonamides is 1. The second kappa shape index (κ2) is 5.94. The molecule has 0 bridgehead atoms. The summed E-state index contributed by atoms with van der Waals surface area (Å²) in [6.45, 7) is 4.72. The minimum atomic E-state index is -3.89. The molecule has 2 rings (SSSR count). The van der Waals surface area contributed by atoms with Crippen molar-refractivity contribution in [2.45, 2.75) is 37.6 Å². The zero-order valence-electron chi connectivity index (χ0n) is 12.0. The Morgan fingerprint density at radius 2 is 2.00 bits per heavy atom. The molecule has 0 saturated heterocycles. The van der Waals surface area contributed by atoms with E-state index < -0.39 is 10.0 Å². The molecule has 1 aliphatic rings. The molecule has 1 fully saturated rings. The molecule has 1 aromatic carbocycles. The van der Waals surface area contributed by atoms with Crippen LogP contribution in [0.5, 0.6) is 0 Å². The van der Waals surface area contributed by atoms with E-state index in [1.54, 1.807) is 4.90 Å². The Hall–Kier alpha value is -1.11. The first-order valence-corrected chi connectivity index (χ1v) is 8.75. The lowest BCUT2D eigenvalue weighted by Gasteiger charge is -2.24. The highest BCUT2D eigenvalue weighted by atomic mass is 35.5. The Morgan fingerprint density at radius 3 is 2.48 bits per heavy atom. The van der Waals surface area contributed by atoms with Gasteiger partial charge in [0.05, 0.1) is 4.90 Å². The molecule has 0 unspecified atom stereocenters. The van der Waals surface area contributed by atoms with Gasteiger partial charge in [-0.15, -0.1) is 0 Å². The number of benzene rings is 1. The fourth-order valence-corrected chi connectivity index (χ4v) is 3.08. The van der Waals surface area contributed by atoms with Crippen LogP contribution in [0.3, 0.4) is 0 Å². The molecular formula is C14H19ClN2O3S. The van der Waals surface area contributed by atoms with Crippen LogP contribution in [0.15, 0.2) is 23.1 Å². The lowest BCUT2D eigenvalue weighted by Crippen LogP contribution is -2.36. The van der Waals surface area contributed by atoms with Gasteiger partial charge in [-0.1, -0.05) is 25.4 Å². The predicted octanol–water partition coefficient (Wildman–Crippen LogP) is 2.25. The van der Waals surface area contributed by atoms with Crippen LogP contribution in [0.2, 0.25) is 5.02 Å². The molecule has 1 amide bonds. The third-order valence-electron chi connectivity index (χ3n) is 3.26. The van der Waals surface area contributed by atoms with Crippen LogP contribution in [0, 0.1) is 5.92 Å². The number of carbonyl (C=O) groups excluding carboxylic acids is 1. The maximum absolute atomic E-state index is 12.6. The number of nitrogens with zero attached hydrogens (tertiary/aromatic N) is 1. The summed E-state index contributed by atoms with van der Waals surface area (Å²) in [5.41, 5.74) is 0.263. The molecule has 21 heavy (non-hydrogen) atoms. The SMILES string of the molecule is CC(C)CN(C(=O)c1cc(Cl)cc(S(N)(=O)=O)c1)C1CC1. The van der Waals surface area contributed by atoms with Crippen LogP contribution in [-0.4, -0.2) is 31.8 Å². The number of rotatable bonds is 5. The Kier molecular flexibility index (Phi) is 4.60. The van der Waals surface area contributed by atoms with Crippen molar-refractivity contribution in [2.75, 3.05) is 6.54 Å². The zero-order valence-corrected chi connectivity index (χ0v) is 13.6. The molecule has 0 aromatic heterocycles. The average Bonchev–Trinajstić information content (AvgIpc) is 3.17. The maximum atomic E-state index is 12.6. The molecule has 7 heteroatoms. The number of primary sulfonamides is 1. The highest BCUT2D eigenvalue weighted by Crippen LogP contribution is 2.30. The summed E-state index contributed by atoms with van der Waals surface area (Å²) in [5.74, 6) is 0.144. The standard InChI is InChI=1S/C14H19ClN2O3S/c1-9(2)8-17(12-3-4-12)14(18)10-5-11(15)7-13(6-10)21(16,19)20/h5-7,9,12H,3-4,8H2,1-2H3,(H2,16,19,20). The topological polar surface area (TPSA) is 80.5 Å². The van der Waals surface area contributed by atoms with Gasteiger partial charge in [0.15, 0.2) is 0 Å². The van der Waals surface area contributed by atoms with Crippen LogP contribution in [0.1, 0.15) is 37.0 Å². The minimum absolute atomic E-state index is 0.140. The number of amides is 1. The quantitative estimate of drug-likeness (QED) is 0.899. The molecule has 5 nitrogen and oxygen atoms in total. The number of hydrogen-bond donors (Lipinski definition) is 1. The van der Waals surface area contributed by atoms with Crippen molar-refractivity contribution in [2.24, 2.45) is 11.1 Å². The Labute approximate surface area is 130 Å². The van der Waals surface area contributed by atoms with Crippen molar-refractivity contribution in [3.05, 3.63) is 28.8 Å². The highest BCUT2D eigenvalue weighted by molar-refractivity contribution is 7.89. The number of nitrogens with two attached hydrogens (primary N) is 1. The van der Waals surface area contributed by atoms with E-state index in [0.717, 1.165) is 12.8 Å². The average molecular weight is 331 g/mol. The molecule has 1 aliphatic carbocycles. The largest absolute Gasteiger partial charge is 0.335 e. The van der Waals surface area contributed by atoms with Crippen LogP contribution < -0.4 is 5.14 Å². The molecule has 0 radical (unpaired) electrons. The van der Waals surface area contributed by atoms with E-state index in [1.165, 1.54) is 18.2 Å². The number of carbonyl (C=O) groups is 1. The van der Waals surface area contributed by atoms with E-state index in [0.29, 0.717) is 12.5 Å². The summed E-state index contributed by atoms with van der Waals surface area (Å²) < 4.78 is 22.9. The van der Waals surface area contributed by atoms with Gasteiger partial charge in [0, 0.05) is 23.2 Å². The summed E-state index contributed by atoms with van der Waals surface area (Å²) in [6.07, 6.45) is 1.97. The van der Waals surface area contributed by atoms with E-state index in [9.17, 15) is 13.2 Å². The molecule has 0 atom stereocenters. The first kappa shape index (κ1) is 16.3. The summed E-state index contributed by atoms with van der Waals surface area (Å²) in [6, 6.07) is 4.27. The molecule has 116 valence electrons. The number of hydrogen-bond acceptors (Lipinski definition) is 3. The van der Waals surface area contributed by atoms with Gasteiger partial charge in [0.1, 0.15) is 0 Å². The van der Waals surface area contributed by atoms with Crippen LogP contribution >= 0.6 is 11.6 Å². The Balaban J connectivity index is 2.35. The Bertz CT molecular complexity index is 654. The van der Waals surface area contributed by atoms with E-state index in [1.807, 2.05) is 13.8 Å². The van der Waals surface area contributed by atoms with Crippen molar-refractivity contribution in [3.8, 4) is 0 Å². The van der Waals surface area contributed by atoms with Crippen molar-refractivity contribution in [3.63, 3.8) is 0 Å². The summed E-state index contributed by atoms with van der Waals surface area (Å²) in [5, 5.41) is 5.30. The number of halogens is 1. The van der Waals surface area contributed by atoms with Gasteiger partial charge < -0.3 is 4.90 Å². The lowest BCUT2D eigenvalue weighted by molar-refractivity contribution is 0.0722. The first-order chi connectivity index (χ1) is 9.68. The van der Waals surface area contributed by atoms with E-state index in [2.05, 4.69) is 0 Å². The monoisotopic (exact) mass is 330 g/mol. The third-order valence-corrected chi connectivity index (χ3v) is 4.37. The fraction of sp³-hybridized carbons (Fsp3) is 0.500. The van der Waals surface area contributed by atoms with Crippen LogP contribution in [0.25, 0.3) is 0 Å². The normalized spacial score (nSPS) is 15.3. The second-order valence-corrected chi connectivity index (χ2v) is 7.80.